The highest BCUT2D eigenvalue weighted by Gasteiger charge is 2.21. The summed E-state index contributed by atoms with van der Waals surface area (Å²) >= 11 is 1.31. The summed E-state index contributed by atoms with van der Waals surface area (Å²) in [5.41, 5.74) is 6.42. The quantitative estimate of drug-likeness (QED) is 0.645. The van der Waals surface area contributed by atoms with Gasteiger partial charge in [-0.15, -0.1) is 10.2 Å². The molecule has 0 fully saturated rings. The zero-order valence-electron chi connectivity index (χ0n) is 16.0. The summed E-state index contributed by atoms with van der Waals surface area (Å²) in [6, 6.07) is 3.54. The number of carbonyl (C=O) groups excluding carboxylic acids is 2. The smallest absolute Gasteiger partial charge is 0.237 e. The van der Waals surface area contributed by atoms with Crippen molar-refractivity contribution in [2.45, 2.75) is 50.7 Å². The van der Waals surface area contributed by atoms with Gasteiger partial charge in [-0.3, -0.25) is 14.2 Å². The molecular formula is C19H25N5O3S. The minimum Gasteiger partial charge on any atom is -0.461 e. The molecule has 2 aromatic rings. The van der Waals surface area contributed by atoms with Crippen molar-refractivity contribution in [1.29, 1.82) is 0 Å². The van der Waals surface area contributed by atoms with E-state index in [9.17, 15) is 9.59 Å². The summed E-state index contributed by atoms with van der Waals surface area (Å²) < 4.78 is 7.19. The maximum atomic E-state index is 12.8. The number of carbonyl (C=O) groups is 2. The van der Waals surface area contributed by atoms with Crippen molar-refractivity contribution in [3.8, 4) is 11.6 Å². The maximum Gasteiger partial charge on any atom is 0.237 e. The Bertz CT molecular complexity index is 844. The highest BCUT2D eigenvalue weighted by atomic mass is 32.2. The number of amides is 2. The second-order valence-electron chi connectivity index (χ2n) is 6.52. The summed E-state index contributed by atoms with van der Waals surface area (Å²) in [5.74, 6) is 0.955. The molecule has 2 N–H and O–H groups in total. The monoisotopic (exact) mass is 403 g/mol. The zero-order valence-corrected chi connectivity index (χ0v) is 16.8. The van der Waals surface area contributed by atoms with Gasteiger partial charge in [-0.2, -0.15) is 0 Å². The molecule has 1 aliphatic rings. The molecule has 0 radical (unpaired) electrons. The van der Waals surface area contributed by atoms with Crippen LogP contribution in [0.15, 0.2) is 39.7 Å². The number of primary amides is 1. The van der Waals surface area contributed by atoms with E-state index in [2.05, 4.69) is 16.3 Å². The lowest BCUT2D eigenvalue weighted by Crippen LogP contribution is -2.32. The van der Waals surface area contributed by atoms with Gasteiger partial charge in [-0.05, 0) is 44.7 Å². The van der Waals surface area contributed by atoms with Crippen LogP contribution in [0.3, 0.4) is 0 Å². The van der Waals surface area contributed by atoms with Gasteiger partial charge in [-0.1, -0.05) is 17.8 Å². The molecule has 9 heteroatoms. The van der Waals surface area contributed by atoms with E-state index in [0.29, 0.717) is 29.8 Å². The van der Waals surface area contributed by atoms with Crippen molar-refractivity contribution in [1.82, 2.24) is 19.7 Å². The molecule has 8 nitrogen and oxygen atoms in total. The third-order valence-corrected chi connectivity index (χ3v) is 5.55. The van der Waals surface area contributed by atoms with Crippen LogP contribution in [0, 0.1) is 0 Å². The molecule has 28 heavy (non-hydrogen) atoms. The van der Waals surface area contributed by atoms with Gasteiger partial charge in [-0.25, -0.2) is 0 Å². The normalized spacial score (nSPS) is 14.0. The van der Waals surface area contributed by atoms with Crippen LogP contribution >= 0.6 is 11.8 Å². The first kappa shape index (κ1) is 20.2. The molecule has 0 saturated carbocycles. The summed E-state index contributed by atoms with van der Waals surface area (Å²) in [4.78, 5) is 25.9. The minimum atomic E-state index is -0.410. The highest BCUT2D eigenvalue weighted by molar-refractivity contribution is 7.99. The topological polar surface area (TPSA) is 107 Å². The number of nitrogens with two attached hydrogens (primary N) is 1. The van der Waals surface area contributed by atoms with Crippen LogP contribution in [0.1, 0.15) is 39.0 Å². The minimum absolute atomic E-state index is 0.0460. The Hall–Kier alpha value is -2.55. The number of aromatic nitrogens is 3. The molecule has 3 rings (SSSR count). The SMILES string of the molecule is CCN(C(=O)CSc1nnc(-c2ccco2)n1CCC(N)=O)C1=CCCCC1. The van der Waals surface area contributed by atoms with Crippen LogP contribution in [0.5, 0.6) is 0 Å². The molecule has 2 amide bonds. The Morgan fingerprint density at radius 3 is 2.86 bits per heavy atom. The van der Waals surface area contributed by atoms with E-state index in [4.69, 9.17) is 10.2 Å². The Morgan fingerprint density at radius 1 is 1.36 bits per heavy atom. The van der Waals surface area contributed by atoms with Gasteiger partial charge in [0.1, 0.15) is 0 Å². The first-order valence-electron chi connectivity index (χ1n) is 9.47. The summed E-state index contributed by atoms with van der Waals surface area (Å²) in [6.07, 6.45) is 8.15. The Balaban J connectivity index is 1.73. The lowest BCUT2D eigenvalue weighted by Gasteiger charge is -2.26. The molecule has 2 heterocycles. The van der Waals surface area contributed by atoms with Crippen molar-refractivity contribution >= 4 is 23.6 Å². The third-order valence-electron chi connectivity index (χ3n) is 4.60. The number of rotatable bonds is 9. The average Bonchev–Trinajstić information content (AvgIpc) is 3.35. The first-order valence-corrected chi connectivity index (χ1v) is 10.5. The fourth-order valence-corrected chi connectivity index (χ4v) is 4.06. The van der Waals surface area contributed by atoms with Crippen LogP contribution < -0.4 is 5.73 Å². The van der Waals surface area contributed by atoms with Gasteiger partial charge in [0, 0.05) is 25.2 Å². The second-order valence-corrected chi connectivity index (χ2v) is 7.46. The van der Waals surface area contributed by atoms with Crippen molar-refractivity contribution < 1.29 is 14.0 Å². The number of allylic oxidation sites excluding steroid dienone is 2. The third kappa shape index (κ3) is 4.83. The molecule has 0 atom stereocenters. The molecule has 0 aromatic carbocycles. The number of nitrogens with zero attached hydrogens (tertiary/aromatic N) is 4. The number of furan rings is 1. The molecule has 2 aromatic heterocycles. The standard InChI is InChI=1S/C19H25N5O3S/c1-2-23(14-7-4-3-5-8-14)17(26)13-28-19-22-21-18(15-9-6-12-27-15)24(19)11-10-16(20)25/h6-7,9,12H,2-5,8,10-11,13H2,1H3,(H2,20,25). The summed E-state index contributed by atoms with van der Waals surface area (Å²) in [5, 5.41) is 8.94. The van der Waals surface area contributed by atoms with Crippen LogP contribution in [-0.4, -0.2) is 43.8 Å². The van der Waals surface area contributed by atoms with Gasteiger partial charge in [0.05, 0.1) is 12.0 Å². The van der Waals surface area contributed by atoms with Crippen molar-refractivity contribution in [3.63, 3.8) is 0 Å². The average molecular weight is 404 g/mol. The molecule has 1 aliphatic carbocycles. The summed E-state index contributed by atoms with van der Waals surface area (Å²) in [7, 11) is 0. The van der Waals surface area contributed by atoms with Crippen molar-refractivity contribution in [2.24, 2.45) is 5.73 Å². The van der Waals surface area contributed by atoms with E-state index in [-0.39, 0.29) is 18.1 Å². The van der Waals surface area contributed by atoms with Crippen LogP contribution in [-0.2, 0) is 16.1 Å². The van der Waals surface area contributed by atoms with E-state index >= 15 is 0 Å². The van der Waals surface area contributed by atoms with Crippen LogP contribution in [0.25, 0.3) is 11.6 Å². The fraction of sp³-hybridized carbons (Fsp3) is 0.474. The lowest BCUT2D eigenvalue weighted by molar-refractivity contribution is -0.126. The van der Waals surface area contributed by atoms with Gasteiger partial charge < -0.3 is 15.1 Å². The lowest BCUT2D eigenvalue weighted by atomic mass is 10.0. The van der Waals surface area contributed by atoms with E-state index in [1.807, 2.05) is 11.8 Å². The van der Waals surface area contributed by atoms with E-state index in [1.165, 1.54) is 18.2 Å². The number of hydrogen-bond donors (Lipinski definition) is 1. The molecule has 0 bridgehead atoms. The van der Waals surface area contributed by atoms with Crippen molar-refractivity contribution in [3.05, 3.63) is 30.2 Å². The van der Waals surface area contributed by atoms with Gasteiger partial charge in [0.2, 0.25) is 11.8 Å². The molecular weight excluding hydrogens is 378 g/mol. The van der Waals surface area contributed by atoms with E-state index in [0.717, 1.165) is 25.0 Å². The molecule has 0 spiro atoms. The van der Waals surface area contributed by atoms with E-state index < -0.39 is 5.91 Å². The molecule has 150 valence electrons. The predicted octanol–water partition coefficient (Wildman–Crippen LogP) is 2.81. The number of hydrogen-bond acceptors (Lipinski definition) is 6. The van der Waals surface area contributed by atoms with Crippen LogP contribution in [0.2, 0.25) is 0 Å². The molecule has 0 aliphatic heterocycles. The van der Waals surface area contributed by atoms with Gasteiger partial charge in [0.25, 0.3) is 0 Å². The second kappa shape index (κ2) is 9.59. The highest BCUT2D eigenvalue weighted by Crippen LogP contribution is 2.26. The Labute approximate surface area is 168 Å². The Morgan fingerprint density at radius 2 is 2.21 bits per heavy atom. The van der Waals surface area contributed by atoms with Gasteiger partial charge >= 0.3 is 0 Å². The molecule has 0 saturated heterocycles. The number of thioether (sulfide) groups is 1. The fourth-order valence-electron chi connectivity index (χ4n) is 3.22. The zero-order chi connectivity index (χ0) is 19.9. The van der Waals surface area contributed by atoms with Gasteiger partial charge in [0.15, 0.2) is 16.7 Å². The van der Waals surface area contributed by atoms with E-state index in [1.54, 1.807) is 23.0 Å². The summed E-state index contributed by atoms with van der Waals surface area (Å²) in [6.45, 7) is 2.97. The first-order chi connectivity index (χ1) is 13.6. The van der Waals surface area contributed by atoms with Crippen LogP contribution in [0.4, 0.5) is 0 Å². The maximum absolute atomic E-state index is 12.8. The molecule has 0 unspecified atom stereocenters. The predicted molar refractivity (Wildman–Crippen MR) is 106 cm³/mol. The van der Waals surface area contributed by atoms with Crippen molar-refractivity contribution in [2.75, 3.05) is 12.3 Å². The Kier molecular flexibility index (Phi) is 6.91. The largest absolute Gasteiger partial charge is 0.461 e.